The summed E-state index contributed by atoms with van der Waals surface area (Å²) in [5, 5.41) is 2.15. The molecule has 1 heterocycles. The van der Waals surface area contributed by atoms with Crippen molar-refractivity contribution >= 4 is 35.2 Å². The van der Waals surface area contributed by atoms with Crippen LogP contribution in [0.25, 0.3) is 0 Å². The molecule has 1 aliphatic rings. The molecule has 1 saturated heterocycles. The minimum atomic E-state index is -4.60. The highest BCUT2D eigenvalue weighted by molar-refractivity contribution is 6.33. The van der Waals surface area contributed by atoms with Crippen LogP contribution in [-0.2, 0) is 20.5 Å². The summed E-state index contributed by atoms with van der Waals surface area (Å²) in [4.78, 5) is 36.9. The first-order valence-corrected chi connectivity index (χ1v) is 8.79. The molecule has 7 nitrogen and oxygen atoms in total. The van der Waals surface area contributed by atoms with Gasteiger partial charge in [-0.25, -0.2) is 4.79 Å². The Morgan fingerprint density at radius 3 is 2.43 bits per heavy atom. The molecule has 0 aromatic heterocycles. The average Bonchev–Trinajstić information content (AvgIpc) is 2.62. The number of nitrogens with one attached hydrogen (secondary N) is 1. The van der Waals surface area contributed by atoms with Crippen LogP contribution in [0.4, 0.5) is 23.7 Å². The van der Waals surface area contributed by atoms with Gasteiger partial charge in [-0.15, -0.1) is 0 Å². The number of alkyl halides is 3. The third-order valence-corrected chi connectivity index (χ3v) is 4.68. The van der Waals surface area contributed by atoms with Crippen LogP contribution >= 0.6 is 11.6 Å². The van der Waals surface area contributed by atoms with Crippen LogP contribution < -0.4 is 11.1 Å². The van der Waals surface area contributed by atoms with E-state index in [4.69, 9.17) is 22.1 Å². The molecular formula is C17H19ClF3N3O4. The van der Waals surface area contributed by atoms with E-state index in [1.807, 2.05) is 0 Å². The summed E-state index contributed by atoms with van der Waals surface area (Å²) >= 11 is 5.83. The number of benzene rings is 1. The number of halogens is 4. The van der Waals surface area contributed by atoms with Crippen LogP contribution in [0, 0.1) is 5.92 Å². The smallest absolute Gasteiger partial charge is 0.416 e. The van der Waals surface area contributed by atoms with E-state index in [0.717, 1.165) is 12.1 Å². The molecular weight excluding hydrogens is 403 g/mol. The van der Waals surface area contributed by atoms with Gasteiger partial charge in [-0.1, -0.05) is 11.6 Å². The predicted molar refractivity (Wildman–Crippen MR) is 94.5 cm³/mol. The van der Waals surface area contributed by atoms with Gasteiger partial charge in [-0.3, -0.25) is 9.59 Å². The number of nitrogens with zero attached hydrogens (tertiary/aromatic N) is 1. The van der Waals surface area contributed by atoms with E-state index in [-0.39, 0.29) is 10.7 Å². The van der Waals surface area contributed by atoms with Crippen LogP contribution in [0.15, 0.2) is 18.2 Å². The lowest BCUT2D eigenvalue weighted by Gasteiger charge is -2.30. The fourth-order valence-electron chi connectivity index (χ4n) is 2.69. The van der Waals surface area contributed by atoms with Crippen LogP contribution in [0.2, 0.25) is 5.02 Å². The van der Waals surface area contributed by atoms with Gasteiger partial charge in [-0.2, -0.15) is 13.2 Å². The summed E-state index contributed by atoms with van der Waals surface area (Å²) in [5.41, 5.74) is 3.96. The number of hydrogen-bond donors (Lipinski definition) is 2. The lowest BCUT2D eigenvalue weighted by Crippen LogP contribution is -2.44. The van der Waals surface area contributed by atoms with Crippen LogP contribution in [0.5, 0.6) is 0 Å². The number of anilines is 1. The third kappa shape index (κ3) is 5.51. The van der Waals surface area contributed by atoms with E-state index in [2.05, 4.69) is 5.32 Å². The maximum absolute atomic E-state index is 12.8. The number of carbonyl (C=O) groups excluding carboxylic acids is 3. The molecule has 28 heavy (non-hydrogen) atoms. The highest BCUT2D eigenvalue weighted by Crippen LogP contribution is 2.34. The van der Waals surface area contributed by atoms with Crippen molar-refractivity contribution in [1.82, 2.24) is 4.90 Å². The van der Waals surface area contributed by atoms with Crippen molar-refractivity contribution in [2.45, 2.75) is 32.0 Å². The van der Waals surface area contributed by atoms with Crippen molar-refractivity contribution in [3.8, 4) is 0 Å². The Labute approximate surface area is 163 Å². The van der Waals surface area contributed by atoms with Gasteiger partial charge < -0.3 is 20.7 Å². The molecule has 1 aromatic rings. The second kappa shape index (κ2) is 8.68. The number of carbonyl (C=O) groups is 3. The molecule has 3 amide bonds. The molecule has 2 rings (SSSR count). The van der Waals surface area contributed by atoms with Gasteiger partial charge in [0.05, 0.1) is 22.2 Å². The van der Waals surface area contributed by atoms with Crippen molar-refractivity contribution < 1.29 is 32.3 Å². The van der Waals surface area contributed by atoms with Crippen LogP contribution in [0.3, 0.4) is 0 Å². The Bertz CT molecular complexity index is 765. The number of esters is 1. The molecule has 0 aliphatic carbocycles. The minimum absolute atomic E-state index is 0.0845. The fourth-order valence-corrected chi connectivity index (χ4v) is 2.86. The first-order chi connectivity index (χ1) is 13.0. The van der Waals surface area contributed by atoms with Gasteiger partial charge in [0.15, 0.2) is 6.10 Å². The second-order valence-corrected chi connectivity index (χ2v) is 6.77. The van der Waals surface area contributed by atoms with Crippen LogP contribution in [0.1, 0.15) is 25.3 Å². The fraction of sp³-hybridized carbons (Fsp3) is 0.471. The van der Waals surface area contributed by atoms with Crippen molar-refractivity contribution in [3.63, 3.8) is 0 Å². The standard InChI is InChI=1S/C17H19ClF3N3O4/c1-9(28-15(26)10-4-6-24(7-5-10)16(22)27)14(25)23-13-8-11(17(19,20)21)2-3-12(13)18/h2-3,8-10H,4-7H2,1H3,(H2,22,27)(H,23,25)/t9-/m1/s1. The summed E-state index contributed by atoms with van der Waals surface area (Å²) in [5.74, 6) is -1.94. The number of urea groups is 1. The van der Waals surface area contributed by atoms with Gasteiger partial charge in [0.25, 0.3) is 5.91 Å². The average molecular weight is 422 g/mol. The van der Waals surface area contributed by atoms with E-state index < -0.39 is 41.7 Å². The Balaban J connectivity index is 1.94. The third-order valence-electron chi connectivity index (χ3n) is 4.35. The first kappa shape index (κ1) is 21.8. The first-order valence-electron chi connectivity index (χ1n) is 8.41. The zero-order valence-electron chi connectivity index (χ0n) is 14.9. The Morgan fingerprint density at radius 2 is 1.89 bits per heavy atom. The highest BCUT2D eigenvalue weighted by atomic mass is 35.5. The molecule has 0 unspecified atom stereocenters. The molecule has 0 spiro atoms. The Hall–Kier alpha value is -2.49. The van der Waals surface area contributed by atoms with E-state index >= 15 is 0 Å². The number of primary amides is 1. The molecule has 1 fully saturated rings. The maximum atomic E-state index is 12.8. The molecule has 0 radical (unpaired) electrons. The van der Waals surface area contributed by atoms with Gasteiger partial charge >= 0.3 is 18.2 Å². The van der Waals surface area contributed by atoms with Crippen molar-refractivity contribution in [2.24, 2.45) is 11.7 Å². The molecule has 0 bridgehead atoms. The number of rotatable bonds is 4. The summed E-state index contributed by atoms with van der Waals surface area (Å²) in [6.45, 7) is 1.90. The van der Waals surface area contributed by atoms with Crippen molar-refractivity contribution in [3.05, 3.63) is 28.8 Å². The molecule has 1 aliphatic heterocycles. The number of ether oxygens (including phenoxy) is 1. The van der Waals surface area contributed by atoms with Crippen molar-refractivity contribution in [2.75, 3.05) is 18.4 Å². The molecule has 1 aromatic carbocycles. The quantitative estimate of drug-likeness (QED) is 0.729. The lowest BCUT2D eigenvalue weighted by molar-refractivity contribution is -0.158. The summed E-state index contributed by atoms with van der Waals surface area (Å²) in [7, 11) is 0. The molecule has 1 atom stereocenters. The number of likely N-dealkylation sites (tertiary alicyclic amines) is 1. The van der Waals surface area contributed by atoms with Gasteiger partial charge in [0, 0.05) is 13.1 Å². The zero-order chi connectivity index (χ0) is 21.1. The van der Waals surface area contributed by atoms with Gasteiger partial charge in [0.1, 0.15) is 0 Å². The summed E-state index contributed by atoms with van der Waals surface area (Å²) < 4.78 is 43.5. The second-order valence-electron chi connectivity index (χ2n) is 6.36. The molecule has 0 saturated carbocycles. The molecule has 11 heteroatoms. The Morgan fingerprint density at radius 1 is 1.29 bits per heavy atom. The SMILES string of the molecule is C[C@@H](OC(=O)C1CCN(C(N)=O)CC1)C(=O)Nc1cc(C(F)(F)F)ccc1Cl. The van der Waals surface area contributed by atoms with E-state index in [1.54, 1.807) is 0 Å². The van der Waals surface area contributed by atoms with Crippen molar-refractivity contribution in [1.29, 1.82) is 0 Å². The summed E-state index contributed by atoms with van der Waals surface area (Å²) in [6.07, 6.45) is -5.15. The van der Waals surface area contributed by atoms with Gasteiger partial charge in [-0.05, 0) is 38.0 Å². The zero-order valence-corrected chi connectivity index (χ0v) is 15.6. The normalized spacial score (nSPS) is 16.4. The lowest BCUT2D eigenvalue weighted by atomic mass is 9.97. The van der Waals surface area contributed by atoms with E-state index in [9.17, 15) is 27.6 Å². The Kier molecular flexibility index (Phi) is 6.76. The largest absolute Gasteiger partial charge is 0.452 e. The number of nitrogens with two attached hydrogens (primary N) is 1. The van der Waals surface area contributed by atoms with E-state index in [0.29, 0.717) is 32.0 Å². The summed E-state index contributed by atoms with van der Waals surface area (Å²) in [6, 6.07) is 1.94. The monoisotopic (exact) mass is 421 g/mol. The topological polar surface area (TPSA) is 102 Å². The van der Waals surface area contributed by atoms with E-state index in [1.165, 1.54) is 11.8 Å². The number of amides is 3. The van der Waals surface area contributed by atoms with Gasteiger partial charge in [0.2, 0.25) is 0 Å². The predicted octanol–water partition coefficient (Wildman–Crippen LogP) is 3.02. The number of piperidine rings is 1. The molecule has 154 valence electrons. The van der Waals surface area contributed by atoms with Crippen LogP contribution in [-0.4, -0.2) is 42.0 Å². The minimum Gasteiger partial charge on any atom is -0.452 e. The maximum Gasteiger partial charge on any atom is 0.416 e. The molecule has 3 N–H and O–H groups in total. The highest BCUT2D eigenvalue weighted by Gasteiger charge is 2.32. The number of hydrogen-bond acceptors (Lipinski definition) is 4.